The van der Waals surface area contributed by atoms with E-state index in [-0.39, 0.29) is 11.4 Å². The van der Waals surface area contributed by atoms with Crippen molar-refractivity contribution >= 4 is 11.3 Å². The van der Waals surface area contributed by atoms with Gasteiger partial charge in [-0.15, -0.1) is 11.3 Å². The summed E-state index contributed by atoms with van der Waals surface area (Å²) in [6.07, 6.45) is 4.45. The lowest BCUT2D eigenvalue weighted by atomic mass is 9.95. The minimum Gasteiger partial charge on any atom is -0.319 e. The Hall–Kier alpha value is -1.33. The van der Waals surface area contributed by atoms with Crippen LogP contribution in [-0.4, -0.2) is 9.97 Å². The second-order valence-corrected chi connectivity index (χ2v) is 5.15. The van der Waals surface area contributed by atoms with Gasteiger partial charge in [0.25, 0.3) is 0 Å². The molecule has 0 aliphatic rings. The summed E-state index contributed by atoms with van der Waals surface area (Å²) in [5.41, 5.74) is 7.33. The van der Waals surface area contributed by atoms with Crippen molar-refractivity contribution in [1.29, 1.82) is 0 Å². The normalized spacial score (nSPS) is 11.8. The average molecular weight is 265 g/mol. The summed E-state index contributed by atoms with van der Waals surface area (Å²) in [4.78, 5) is 8.35. The Labute approximate surface area is 110 Å². The van der Waals surface area contributed by atoms with Gasteiger partial charge in [0.1, 0.15) is 10.8 Å². The molecule has 0 fully saturated rings. The molecule has 0 atom stereocenters. The Morgan fingerprint density at radius 1 is 1.33 bits per heavy atom. The summed E-state index contributed by atoms with van der Waals surface area (Å²) in [7, 11) is 0. The predicted molar refractivity (Wildman–Crippen MR) is 71.8 cm³/mol. The molecule has 0 unspecified atom stereocenters. The molecular weight excluding hydrogens is 249 g/mol. The molecule has 5 heteroatoms. The highest BCUT2D eigenvalue weighted by molar-refractivity contribution is 7.10. The topological polar surface area (TPSA) is 51.8 Å². The molecule has 2 heterocycles. The molecule has 2 aromatic rings. The lowest BCUT2D eigenvalue weighted by Gasteiger charge is -2.23. The third kappa shape index (κ3) is 2.42. The molecule has 0 aliphatic carbocycles. The number of thiazole rings is 1. The molecule has 18 heavy (non-hydrogen) atoms. The van der Waals surface area contributed by atoms with Crippen LogP contribution in [0.5, 0.6) is 0 Å². The lowest BCUT2D eigenvalue weighted by molar-refractivity contribution is 0.411. The number of hydrogen-bond acceptors (Lipinski definition) is 4. The number of nitrogens with zero attached hydrogens (tertiary/aromatic N) is 2. The Morgan fingerprint density at radius 3 is 2.67 bits per heavy atom. The molecule has 0 saturated carbocycles. The van der Waals surface area contributed by atoms with Crippen LogP contribution in [-0.2, 0) is 5.54 Å². The van der Waals surface area contributed by atoms with E-state index >= 15 is 0 Å². The van der Waals surface area contributed by atoms with Crippen LogP contribution in [0.4, 0.5) is 4.39 Å². The summed E-state index contributed by atoms with van der Waals surface area (Å²) < 4.78 is 13.1. The SMILES string of the molecule is CCC(N)(CC)c1nc(-c2cncc(F)c2)cs1. The zero-order chi connectivity index (χ0) is 13.2. The Morgan fingerprint density at radius 2 is 2.06 bits per heavy atom. The third-order valence-electron chi connectivity index (χ3n) is 3.19. The minimum atomic E-state index is -0.385. The molecule has 0 spiro atoms. The van der Waals surface area contributed by atoms with Gasteiger partial charge in [0.2, 0.25) is 0 Å². The van der Waals surface area contributed by atoms with Gasteiger partial charge in [-0.25, -0.2) is 9.37 Å². The first kappa shape index (κ1) is 13.1. The highest BCUT2D eigenvalue weighted by Gasteiger charge is 2.26. The number of aromatic nitrogens is 2. The van der Waals surface area contributed by atoms with Gasteiger partial charge in [0.15, 0.2) is 0 Å². The van der Waals surface area contributed by atoms with Crippen LogP contribution in [0.2, 0.25) is 0 Å². The molecule has 96 valence electrons. The number of rotatable bonds is 4. The lowest BCUT2D eigenvalue weighted by Crippen LogP contribution is -2.34. The van der Waals surface area contributed by atoms with Gasteiger partial charge < -0.3 is 5.73 Å². The number of halogens is 1. The first-order valence-corrected chi connectivity index (χ1v) is 6.83. The van der Waals surface area contributed by atoms with E-state index in [2.05, 4.69) is 9.97 Å². The highest BCUT2D eigenvalue weighted by atomic mass is 32.1. The number of nitrogens with two attached hydrogens (primary N) is 1. The second kappa shape index (κ2) is 5.12. The van der Waals surface area contributed by atoms with Crippen molar-refractivity contribution in [3.8, 4) is 11.3 Å². The molecule has 0 radical (unpaired) electrons. The summed E-state index contributed by atoms with van der Waals surface area (Å²) in [6.45, 7) is 4.10. The molecule has 2 N–H and O–H groups in total. The van der Waals surface area contributed by atoms with Crippen LogP contribution < -0.4 is 5.73 Å². The van der Waals surface area contributed by atoms with Crippen molar-refractivity contribution in [1.82, 2.24) is 9.97 Å². The summed E-state index contributed by atoms with van der Waals surface area (Å²) in [6, 6.07) is 1.43. The largest absolute Gasteiger partial charge is 0.319 e. The maximum atomic E-state index is 13.1. The Bertz CT molecular complexity index is 535. The van der Waals surface area contributed by atoms with Gasteiger partial charge in [0.05, 0.1) is 17.4 Å². The van der Waals surface area contributed by atoms with Crippen LogP contribution >= 0.6 is 11.3 Å². The van der Waals surface area contributed by atoms with Gasteiger partial charge in [-0.05, 0) is 18.9 Å². The molecular formula is C13H16FN3S. The van der Waals surface area contributed by atoms with Gasteiger partial charge >= 0.3 is 0 Å². The molecule has 3 nitrogen and oxygen atoms in total. The smallest absolute Gasteiger partial charge is 0.142 e. The van der Waals surface area contributed by atoms with Crippen molar-refractivity contribution in [2.24, 2.45) is 5.73 Å². The quantitative estimate of drug-likeness (QED) is 0.922. The van der Waals surface area contributed by atoms with Crippen molar-refractivity contribution in [3.05, 3.63) is 34.7 Å². The molecule has 0 aliphatic heterocycles. The summed E-state index contributed by atoms with van der Waals surface area (Å²) in [5, 5.41) is 2.80. The molecule has 0 saturated heterocycles. The molecule has 0 bridgehead atoms. The van der Waals surface area contributed by atoms with E-state index in [4.69, 9.17) is 5.73 Å². The van der Waals surface area contributed by atoms with Gasteiger partial charge in [0, 0.05) is 17.1 Å². The fraction of sp³-hybridized carbons (Fsp3) is 0.385. The van der Waals surface area contributed by atoms with E-state index < -0.39 is 0 Å². The van der Waals surface area contributed by atoms with E-state index in [1.165, 1.54) is 23.6 Å². The van der Waals surface area contributed by atoms with Gasteiger partial charge in [-0.3, -0.25) is 4.98 Å². The van der Waals surface area contributed by atoms with Crippen molar-refractivity contribution in [2.75, 3.05) is 0 Å². The summed E-state index contributed by atoms with van der Waals surface area (Å²) >= 11 is 1.52. The zero-order valence-corrected chi connectivity index (χ0v) is 11.3. The van der Waals surface area contributed by atoms with Gasteiger partial charge in [-0.1, -0.05) is 13.8 Å². The maximum absolute atomic E-state index is 13.1. The van der Waals surface area contributed by atoms with Crippen molar-refractivity contribution in [3.63, 3.8) is 0 Å². The summed E-state index contributed by atoms with van der Waals surface area (Å²) in [5.74, 6) is -0.355. The highest BCUT2D eigenvalue weighted by Crippen LogP contribution is 2.31. The van der Waals surface area contributed by atoms with Crippen molar-refractivity contribution in [2.45, 2.75) is 32.2 Å². The number of pyridine rings is 1. The Balaban J connectivity index is 2.36. The van der Waals surface area contributed by atoms with Crippen molar-refractivity contribution < 1.29 is 4.39 Å². The van der Waals surface area contributed by atoms with Crippen LogP contribution in [0.1, 0.15) is 31.7 Å². The van der Waals surface area contributed by atoms with E-state index in [1.807, 2.05) is 19.2 Å². The fourth-order valence-electron chi connectivity index (χ4n) is 1.74. The molecule has 0 aromatic carbocycles. The number of hydrogen-bond donors (Lipinski definition) is 1. The average Bonchev–Trinajstić information content (AvgIpc) is 2.88. The van der Waals surface area contributed by atoms with E-state index in [9.17, 15) is 4.39 Å². The van der Waals surface area contributed by atoms with E-state index in [1.54, 1.807) is 6.20 Å². The first-order chi connectivity index (χ1) is 8.59. The molecule has 2 rings (SSSR count). The third-order valence-corrected chi connectivity index (χ3v) is 4.25. The van der Waals surface area contributed by atoms with Gasteiger partial charge in [-0.2, -0.15) is 0 Å². The maximum Gasteiger partial charge on any atom is 0.142 e. The van der Waals surface area contributed by atoms with E-state index in [0.717, 1.165) is 23.5 Å². The fourth-order valence-corrected chi connectivity index (χ4v) is 2.83. The van der Waals surface area contributed by atoms with Crippen LogP contribution in [0.3, 0.4) is 0 Å². The van der Waals surface area contributed by atoms with Crippen LogP contribution in [0, 0.1) is 5.82 Å². The predicted octanol–water partition coefficient (Wildman–Crippen LogP) is 3.32. The standard InChI is InChI=1S/C13H16FN3S/c1-3-13(15,4-2)12-17-11(8-18-12)9-5-10(14)7-16-6-9/h5-8H,3-4,15H2,1-2H3. The first-order valence-electron chi connectivity index (χ1n) is 5.95. The second-order valence-electron chi connectivity index (χ2n) is 4.29. The molecule has 2 aromatic heterocycles. The zero-order valence-electron chi connectivity index (χ0n) is 10.5. The Kier molecular flexibility index (Phi) is 3.73. The monoisotopic (exact) mass is 265 g/mol. The van der Waals surface area contributed by atoms with Crippen LogP contribution in [0.15, 0.2) is 23.8 Å². The van der Waals surface area contributed by atoms with E-state index in [0.29, 0.717) is 5.56 Å². The van der Waals surface area contributed by atoms with Crippen LogP contribution in [0.25, 0.3) is 11.3 Å². The molecule has 0 amide bonds. The minimum absolute atomic E-state index is 0.355.